The largest absolute Gasteiger partial charge is 0.331 e. The molecule has 0 saturated carbocycles. The van der Waals surface area contributed by atoms with Crippen molar-refractivity contribution in [3.8, 4) is 0 Å². The van der Waals surface area contributed by atoms with E-state index in [1.165, 1.54) is 4.88 Å². The molecule has 2 aromatic rings. The Morgan fingerprint density at radius 2 is 2.21 bits per heavy atom. The second-order valence-corrected chi connectivity index (χ2v) is 7.19. The van der Waals surface area contributed by atoms with Gasteiger partial charge in [-0.1, -0.05) is 12.1 Å². The van der Waals surface area contributed by atoms with Gasteiger partial charge in [0, 0.05) is 50.0 Å². The molecule has 0 bridgehead atoms. The number of nitrogens with one attached hydrogen (secondary N) is 1. The number of pyridine rings is 1. The quantitative estimate of drug-likeness (QED) is 0.927. The first-order valence-electron chi connectivity index (χ1n) is 8.42. The standard InChI is InChI=1S/C18H24N4OS/c1-15(16-5-2-7-19-13-16)20-18(23)22-9-4-8-21(10-11-22)14-17-6-3-12-24-17/h2-3,5-7,12-13,15H,4,8-11,14H2,1H3,(H,20,23)/t15-/m0/s1. The predicted molar refractivity (Wildman–Crippen MR) is 97.0 cm³/mol. The van der Waals surface area contributed by atoms with E-state index >= 15 is 0 Å². The number of hydrogen-bond donors (Lipinski definition) is 1. The fourth-order valence-electron chi connectivity index (χ4n) is 2.95. The van der Waals surface area contributed by atoms with Crippen LogP contribution >= 0.6 is 11.3 Å². The van der Waals surface area contributed by atoms with Crippen LogP contribution < -0.4 is 5.32 Å². The van der Waals surface area contributed by atoms with Crippen LogP contribution in [0.25, 0.3) is 0 Å². The van der Waals surface area contributed by atoms with E-state index in [0.29, 0.717) is 0 Å². The maximum Gasteiger partial charge on any atom is 0.317 e. The molecule has 1 aliphatic heterocycles. The number of nitrogens with zero attached hydrogens (tertiary/aromatic N) is 3. The number of thiophene rings is 1. The summed E-state index contributed by atoms with van der Waals surface area (Å²) in [6.45, 7) is 6.53. The monoisotopic (exact) mass is 344 g/mol. The zero-order valence-corrected chi connectivity index (χ0v) is 14.8. The highest BCUT2D eigenvalue weighted by Crippen LogP contribution is 2.15. The van der Waals surface area contributed by atoms with Gasteiger partial charge in [-0.25, -0.2) is 4.79 Å². The van der Waals surface area contributed by atoms with Crippen LogP contribution in [0.5, 0.6) is 0 Å². The van der Waals surface area contributed by atoms with Crippen molar-refractivity contribution in [3.05, 3.63) is 52.5 Å². The van der Waals surface area contributed by atoms with Crippen molar-refractivity contribution >= 4 is 17.4 Å². The van der Waals surface area contributed by atoms with Gasteiger partial charge in [-0.15, -0.1) is 11.3 Å². The molecule has 2 aromatic heterocycles. The maximum atomic E-state index is 12.5. The zero-order valence-electron chi connectivity index (χ0n) is 14.0. The third kappa shape index (κ3) is 4.55. The van der Waals surface area contributed by atoms with Crippen LogP contribution in [0.2, 0.25) is 0 Å². The van der Waals surface area contributed by atoms with E-state index in [1.54, 1.807) is 23.7 Å². The molecule has 5 nitrogen and oxygen atoms in total. The topological polar surface area (TPSA) is 48.5 Å². The van der Waals surface area contributed by atoms with Crippen molar-refractivity contribution in [1.29, 1.82) is 0 Å². The van der Waals surface area contributed by atoms with E-state index in [9.17, 15) is 4.79 Å². The highest BCUT2D eigenvalue weighted by Gasteiger charge is 2.20. The summed E-state index contributed by atoms with van der Waals surface area (Å²) in [7, 11) is 0. The molecular weight excluding hydrogens is 320 g/mol. The highest BCUT2D eigenvalue weighted by molar-refractivity contribution is 7.09. The molecule has 2 amide bonds. The number of carbonyl (C=O) groups is 1. The van der Waals surface area contributed by atoms with Crippen LogP contribution in [0.15, 0.2) is 42.0 Å². The summed E-state index contributed by atoms with van der Waals surface area (Å²) in [5, 5.41) is 5.20. The van der Waals surface area contributed by atoms with Gasteiger partial charge in [0.2, 0.25) is 0 Å². The summed E-state index contributed by atoms with van der Waals surface area (Å²) in [5.41, 5.74) is 1.03. The molecule has 1 atom stereocenters. The van der Waals surface area contributed by atoms with E-state index in [1.807, 2.05) is 24.0 Å². The Labute approximate surface area is 147 Å². The van der Waals surface area contributed by atoms with Crippen LogP contribution in [-0.4, -0.2) is 47.0 Å². The lowest BCUT2D eigenvalue weighted by Crippen LogP contribution is -2.42. The van der Waals surface area contributed by atoms with Crippen LogP contribution in [0.4, 0.5) is 4.79 Å². The molecule has 0 aliphatic carbocycles. The Balaban J connectivity index is 1.51. The average molecular weight is 344 g/mol. The van der Waals surface area contributed by atoms with Crippen molar-refractivity contribution in [3.63, 3.8) is 0 Å². The average Bonchev–Trinajstić information content (AvgIpc) is 2.99. The second-order valence-electron chi connectivity index (χ2n) is 6.15. The van der Waals surface area contributed by atoms with Crippen LogP contribution in [0.3, 0.4) is 0 Å². The first kappa shape index (κ1) is 16.9. The minimum atomic E-state index is -0.0309. The SMILES string of the molecule is C[C@H](NC(=O)N1CCCN(Cc2cccs2)CC1)c1cccnc1. The van der Waals surface area contributed by atoms with Gasteiger partial charge in [-0.3, -0.25) is 9.88 Å². The van der Waals surface area contributed by atoms with Gasteiger partial charge in [-0.2, -0.15) is 0 Å². The molecule has 3 heterocycles. The Kier molecular flexibility index (Phi) is 5.82. The maximum absolute atomic E-state index is 12.5. The van der Waals surface area contributed by atoms with Crippen molar-refractivity contribution in [2.75, 3.05) is 26.2 Å². The van der Waals surface area contributed by atoms with Gasteiger partial charge >= 0.3 is 6.03 Å². The summed E-state index contributed by atoms with van der Waals surface area (Å²) in [6.07, 6.45) is 4.56. The van der Waals surface area contributed by atoms with Gasteiger partial charge in [0.15, 0.2) is 0 Å². The minimum absolute atomic E-state index is 0.0179. The molecule has 6 heteroatoms. The van der Waals surface area contributed by atoms with E-state index in [4.69, 9.17) is 0 Å². The van der Waals surface area contributed by atoms with Crippen molar-refractivity contribution in [1.82, 2.24) is 20.1 Å². The van der Waals surface area contributed by atoms with E-state index < -0.39 is 0 Å². The fraction of sp³-hybridized carbons (Fsp3) is 0.444. The molecule has 3 rings (SSSR count). The van der Waals surface area contributed by atoms with Gasteiger partial charge < -0.3 is 10.2 Å². The molecule has 1 fully saturated rings. The Morgan fingerprint density at radius 3 is 2.96 bits per heavy atom. The van der Waals surface area contributed by atoms with Gasteiger partial charge in [0.25, 0.3) is 0 Å². The molecule has 0 unspecified atom stereocenters. The number of rotatable bonds is 4. The molecule has 0 spiro atoms. The fourth-order valence-corrected chi connectivity index (χ4v) is 3.69. The summed E-state index contributed by atoms with van der Waals surface area (Å²) in [6, 6.07) is 8.14. The molecule has 24 heavy (non-hydrogen) atoms. The predicted octanol–water partition coefficient (Wildman–Crippen LogP) is 3.12. The number of carbonyl (C=O) groups excluding carboxylic acids is 1. The lowest BCUT2D eigenvalue weighted by atomic mass is 10.1. The van der Waals surface area contributed by atoms with Gasteiger partial charge in [0.05, 0.1) is 6.04 Å². The van der Waals surface area contributed by atoms with Crippen molar-refractivity contribution in [2.24, 2.45) is 0 Å². The molecule has 1 saturated heterocycles. The van der Waals surface area contributed by atoms with Crippen molar-refractivity contribution < 1.29 is 4.79 Å². The Bertz CT molecular complexity index is 632. The molecule has 128 valence electrons. The third-order valence-electron chi connectivity index (χ3n) is 4.36. The molecular formula is C18H24N4OS. The smallest absolute Gasteiger partial charge is 0.317 e. The van der Waals surface area contributed by atoms with E-state index in [0.717, 1.165) is 44.7 Å². The van der Waals surface area contributed by atoms with Gasteiger partial charge in [0.1, 0.15) is 0 Å². The molecule has 0 aromatic carbocycles. The summed E-state index contributed by atoms with van der Waals surface area (Å²) in [4.78, 5) is 22.4. The Morgan fingerprint density at radius 1 is 1.29 bits per heavy atom. The van der Waals surface area contributed by atoms with Crippen LogP contribution in [0, 0.1) is 0 Å². The minimum Gasteiger partial charge on any atom is -0.331 e. The number of aromatic nitrogens is 1. The number of urea groups is 1. The highest BCUT2D eigenvalue weighted by atomic mass is 32.1. The van der Waals surface area contributed by atoms with Crippen LogP contribution in [-0.2, 0) is 6.54 Å². The van der Waals surface area contributed by atoms with Gasteiger partial charge in [-0.05, 0) is 36.4 Å². The third-order valence-corrected chi connectivity index (χ3v) is 5.22. The Hall–Kier alpha value is -1.92. The molecule has 1 aliphatic rings. The lowest BCUT2D eigenvalue weighted by molar-refractivity contribution is 0.194. The first-order chi connectivity index (χ1) is 11.7. The number of hydrogen-bond acceptors (Lipinski definition) is 4. The normalized spacial score (nSPS) is 17.3. The lowest BCUT2D eigenvalue weighted by Gasteiger charge is -2.24. The second kappa shape index (κ2) is 8.26. The number of amides is 2. The van der Waals surface area contributed by atoms with E-state index in [2.05, 4.69) is 32.7 Å². The van der Waals surface area contributed by atoms with Crippen molar-refractivity contribution in [2.45, 2.75) is 25.9 Å². The summed E-state index contributed by atoms with van der Waals surface area (Å²) >= 11 is 1.80. The molecule has 0 radical (unpaired) electrons. The van der Waals surface area contributed by atoms with Crippen LogP contribution in [0.1, 0.15) is 29.8 Å². The summed E-state index contributed by atoms with van der Waals surface area (Å²) < 4.78 is 0. The zero-order chi connectivity index (χ0) is 16.8. The first-order valence-corrected chi connectivity index (χ1v) is 9.30. The summed E-state index contributed by atoms with van der Waals surface area (Å²) in [5.74, 6) is 0. The molecule has 1 N–H and O–H groups in total. The van der Waals surface area contributed by atoms with E-state index in [-0.39, 0.29) is 12.1 Å².